The van der Waals surface area contributed by atoms with Crippen LogP contribution >= 0.6 is 0 Å². The fourth-order valence-corrected chi connectivity index (χ4v) is 4.44. The molecule has 0 radical (unpaired) electrons. The first-order chi connectivity index (χ1) is 11.7. The van der Waals surface area contributed by atoms with Gasteiger partial charge in [-0.1, -0.05) is 12.8 Å². The van der Waals surface area contributed by atoms with Crippen LogP contribution in [0.1, 0.15) is 38.5 Å². The van der Waals surface area contributed by atoms with Crippen LogP contribution in [0.5, 0.6) is 0 Å². The number of ether oxygens (including phenoxy) is 1. The molecule has 0 unspecified atom stereocenters. The minimum Gasteiger partial charge on any atom is -0.363 e. The lowest BCUT2D eigenvalue weighted by Crippen LogP contribution is -2.59. The molecule has 1 saturated carbocycles. The Morgan fingerprint density at radius 1 is 1.08 bits per heavy atom. The zero-order valence-electron chi connectivity index (χ0n) is 14.0. The molecule has 130 valence electrons. The van der Waals surface area contributed by atoms with E-state index in [1.165, 1.54) is 37.8 Å². The molecule has 2 saturated heterocycles. The van der Waals surface area contributed by atoms with E-state index in [4.69, 9.17) is 4.74 Å². The van der Waals surface area contributed by atoms with E-state index in [9.17, 15) is 9.18 Å². The summed E-state index contributed by atoms with van der Waals surface area (Å²) in [4.78, 5) is 16.7. The van der Waals surface area contributed by atoms with Gasteiger partial charge >= 0.3 is 0 Å². The molecule has 5 heteroatoms. The Morgan fingerprint density at radius 3 is 2.42 bits per heavy atom. The highest BCUT2D eigenvalue weighted by Crippen LogP contribution is 2.35. The van der Waals surface area contributed by atoms with Gasteiger partial charge in [0.1, 0.15) is 12.4 Å². The zero-order chi connectivity index (χ0) is 16.6. The fraction of sp³-hybridized carbons (Fsp3) is 0.632. The first-order valence-corrected chi connectivity index (χ1v) is 9.09. The second-order valence-electron chi connectivity index (χ2n) is 7.40. The Hall–Kier alpha value is -1.46. The van der Waals surface area contributed by atoms with E-state index in [2.05, 4.69) is 4.90 Å². The summed E-state index contributed by atoms with van der Waals surface area (Å²) in [5, 5.41) is 0. The van der Waals surface area contributed by atoms with Crippen LogP contribution in [0.25, 0.3) is 0 Å². The molecule has 2 heterocycles. The molecule has 4 rings (SSSR count). The van der Waals surface area contributed by atoms with Gasteiger partial charge in [0.25, 0.3) is 5.91 Å². The number of piperidine rings is 1. The second-order valence-corrected chi connectivity index (χ2v) is 7.40. The number of nitrogens with zero attached hydrogens (tertiary/aromatic N) is 2. The summed E-state index contributed by atoms with van der Waals surface area (Å²) in [5.74, 6) is -0.315. The van der Waals surface area contributed by atoms with Gasteiger partial charge in [-0.3, -0.25) is 4.79 Å². The van der Waals surface area contributed by atoms with Gasteiger partial charge in [-0.2, -0.15) is 0 Å². The summed E-state index contributed by atoms with van der Waals surface area (Å²) < 4.78 is 19.2. The Bertz CT molecular complexity index is 590. The number of likely N-dealkylation sites (tertiary alicyclic amines) is 1. The molecular weight excluding hydrogens is 307 g/mol. The van der Waals surface area contributed by atoms with Crippen LogP contribution in [0.3, 0.4) is 0 Å². The van der Waals surface area contributed by atoms with Gasteiger partial charge in [-0.15, -0.1) is 0 Å². The van der Waals surface area contributed by atoms with Gasteiger partial charge in [0.2, 0.25) is 0 Å². The normalized spacial score (nSPS) is 25.5. The molecular formula is C19H25FN2O2. The van der Waals surface area contributed by atoms with Gasteiger partial charge in [-0.05, 0) is 49.9 Å². The smallest absolute Gasteiger partial charge is 0.253 e. The molecule has 4 nitrogen and oxygen atoms in total. The predicted molar refractivity (Wildman–Crippen MR) is 90.5 cm³/mol. The molecule has 1 aromatic carbocycles. The average molecular weight is 332 g/mol. The number of anilines is 1. The summed E-state index contributed by atoms with van der Waals surface area (Å²) in [6.45, 7) is 2.81. The molecule has 1 spiro atoms. The van der Waals surface area contributed by atoms with E-state index < -0.39 is 0 Å². The Morgan fingerprint density at radius 2 is 1.75 bits per heavy atom. The van der Waals surface area contributed by atoms with Gasteiger partial charge in [-0.25, -0.2) is 4.39 Å². The molecule has 2 aliphatic heterocycles. The quantitative estimate of drug-likeness (QED) is 0.835. The van der Waals surface area contributed by atoms with Crippen LogP contribution in [0.2, 0.25) is 0 Å². The third kappa shape index (κ3) is 3.07. The van der Waals surface area contributed by atoms with Crippen LogP contribution in [0.4, 0.5) is 10.1 Å². The van der Waals surface area contributed by atoms with E-state index in [1.54, 1.807) is 17.0 Å². The van der Waals surface area contributed by atoms with Crippen molar-refractivity contribution in [2.24, 2.45) is 0 Å². The van der Waals surface area contributed by atoms with Crippen molar-refractivity contribution >= 4 is 11.6 Å². The Kier molecular flexibility index (Phi) is 4.31. The maximum Gasteiger partial charge on any atom is 0.253 e. The summed E-state index contributed by atoms with van der Waals surface area (Å²) >= 11 is 0. The van der Waals surface area contributed by atoms with Crippen molar-refractivity contribution < 1.29 is 13.9 Å². The Labute approximate surface area is 142 Å². The number of rotatable bonds is 2. The molecule has 3 aliphatic rings. The molecule has 0 bridgehead atoms. The molecule has 0 aromatic heterocycles. The van der Waals surface area contributed by atoms with Crippen molar-refractivity contribution in [3.63, 3.8) is 0 Å². The summed E-state index contributed by atoms with van der Waals surface area (Å²) in [7, 11) is 0. The standard InChI is InChI=1S/C19H25FN2O2/c20-15-5-7-17(8-6-15)22-14-19(24-13-18(22)23)9-11-21(12-10-19)16-3-1-2-4-16/h5-8,16H,1-4,9-14H2. The largest absolute Gasteiger partial charge is 0.363 e. The van der Waals surface area contributed by atoms with Crippen LogP contribution in [-0.2, 0) is 9.53 Å². The summed E-state index contributed by atoms with van der Waals surface area (Å²) in [5.41, 5.74) is 0.527. The van der Waals surface area contributed by atoms with E-state index in [-0.39, 0.29) is 23.9 Å². The summed E-state index contributed by atoms with van der Waals surface area (Å²) in [6, 6.07) is 6.93. The van der Waals surface area contributed by atoms with Crippen molar-refractivity contribution in [3.8, 4) is 0 Å². The topological polar surface area (TPSA) is 32.8 Å². The van der Waals surface area contributed by atoms with Gasteiger partial charge in [0.05, 0.1) is 12.1 Å². The van der Waals surface area contributed by atoms with E-state index in [0.29, 0.717) is 6.54 Å². The minimum atomic E-state index is -0.279. The maximum absolute atomic E-state index is 13.2. The Balaban J connectivity index is 1.44. The van der Waals surface area contributed by atoms with Crippen LogP contribution in [0, 0.1) is 5.82 Å². The fourth-order valence-electron chi connectivity index (χ4n) is 4.44. The number of amides is 1. The SMILES string of the molecule is O=C1COC2(CCN(C3CCCC3)CC2)CN1c1ccc(F)cc1. The number of halogens is 1. The maximum atomic E-state index is 13.2. The van der Waals surface area contributed by atoms with Crippen LogP contribution in [-0.4, -0.2) is 48.7 Å². The average Bonchev–Trinajstić information content (AvgIpc) is 3.13. The molecule has 1 aliphatic carbocycles. The highest BCUT2D eigenvalue weighted by atomic mass is 19.1. The molecule has 0 atom stereocenters. The van der Waals surface area contributed by atoms with E-state index >= 15 is 0 Å². The van der Waals surface area contributed by atoms with Gasteiger partial charge in [0.15, 0.2) is 0 Å². The zero-order valence-corrected chi connectivity index (χ0v) is 14.0. The number of hydrogen-bond acceptors (Lipinski definition) is 3. The van der Waals surface area contributed by atoms with Crippen LogP contribution in [0.15, 0.2) is 24.3 Å². The first-order valence-electron chi connectivity index (χ1n) is 9.09. The molecule has 3 fully saturated rings. The van der Waals surface area contributed by atoms with Crippen molar-refractivity contribution in [2.75, 3.05) is 31.1 Å². The van der Waals surface area contributed by atoms with Gasteiger partial charge in [0, 0.05) is 24.8 Å². The number of carbonyl (C=O) groups excluding carboxylic acids is 1. The third-order valence-corrected chi connectivity index (χ3v) is 5.94. The minimum absolute atomic E-state index is 0.0366. The number of carbonyl (C=O) groups is 1. The number of morpholine rings is 1. The van der Waals surface area contributed by atoms with Crippen molar-refractivity contribution in [1.82, 2.24) is 4.90 Å². The monoisotopic (exact) mass is 332 g/mol. The predicted octanol–water partition coefficient (Wildman–Crippen LogP) is 2.97. The van der Waals surface area contributed by atoms with Crippen LogP contribution < -0.4 is 4.90 Å². The lowest BCUT2D eigenvalue weighted by molar-refractivity contribution is -0.145. The van der Waals surface area contributed by atoms with Crippen molar-refractivity contribution in [2.45, 2.75) is 50.2 Å². The molecule has 1 amide bonds. The first kappa shape index (κ1) is 16.0. The molecule has 0 N–H and O–H groups in total. The molecule has 24 heavy (non-hydrogen) atoms. The van der Waals surface area contributed by atoms with E-state index in [1.807, 2.05) is 0 Å². The number of hydrogen-bond donors (Lipinski definition) is 0. The summed E-state index contributed by atoms with van der Waals surface area (Å²) in [6.07, 6.45) is 7.30. The van der Waals surface area contributed by atoms with Gasteiger partial charge < -0.3 is 14.5 Å². The second kappa shape index (κ2) is 6.45. The lowest BCUT2D eigenvalue weighted by Gasteiger charge is -2.48. The van der Waals surface area contributed by atoms with E-state index in [0.717, 1.165) is 37.7 Å². The molecule has 1 aromatic rings. The van der Waals surface area contributed by atoms with Crippen molar-refractivity contribution in [3.05, 3.63) is 30.1 Å². The highest BCUT2D eigenvalue weighted by Gasteiger charge is 2.43. The highest BCUT2D eigenvalue weighted by molar-refractivity contribution is 5.95. The third-order valence-electron chi connectivity index (χ3n) is 5.94. The lowest BCUT2D eigenvalue weighted by atomic mass is 9.88. The van der Waals surface area contributed by atoms with Crippen molar-refractivity contribution in [1.29, 1.82) is 0 Å². The number of benzene rings is 1.